The first-order chi connectivity index (χ1) is 17.1. The molecule has 6 rings (SSSR count). The molecule has 170 valence electrons. The summed E-state index contributed by atoms with van der Waals surface area (Å²) in [5.41, 5.74) is 4.77. The number of amides is 3. The highest BCUT2D eigenvalue weighted by Crippen LogP contribution is 2.43. The SMILES string of the molecule is O=C1CCC(N2C(=O)c3ccc(N=C(c4ccccc4)c4ccccc4)c4cccc2c34)C(=O)N1. The quantitative estimate of drug-likeness (QED) is 0.353. The molecular weight excluding hydrogens is 438 g/mol. The molecular formula is C29H21N3O3. The fraction of sp³-hybridized carbons (Fsp3) is 0.103. The maximum absolute atomic E-state index is 13.4. The summed E-state index contributed by atoms with van der Waals surface area (Å²) < 4.78 is 0. The number of carbonyl (C=O) groups is 3. The van der Waals surface area contributed by atoms with Crippen molar-refractivity contribution >= 4 is 45.6 Å². The lowest BCUT2D eigenvalue weighted by Gasteiger charge is -2.30. The predicted molar refractivity (Wildman–Crippen MR) is 135 cm³/mol. The van der Waals surface area contributed by atoms with Crippen molar-refractivity contribution in [1.82, 2.24) is 5.32 Å². The molecule has 0 radical (unpaired) electrons. The molecule has 1 saturated heterocycles. The van der Waals surface area contributed by atoms with E-state index in [1.807, 2.05) is 84.9 Å². The van der Waals surface area contributed by atoms with E-state index in [1.165, 1.54) is 4.90 Å². The molecule has 0 spiro atoms. The van der Waals surface area contributed by atoms with Crippen LogP contribution >= 0.6 is 0 Å². The van der Waals surface area contributed by atoms with Gasteiger partial charge in [0.15, 0.2) is 0 Å². The van der Waals surface area contributed by atoms with E-state index in [0.717, 1.165) is 33.3 Å². The van der Waals surface area contributed by atoms with E-state index in [-0.39, 0.29) is 18.2 Å². The third kappa shape index (κ3) is 3.51. The van der Waals surface area contributed by atoms with Gasteiger partial charge in [0.1, 0.15) is 6.04 Å². The lowest BCUT2D eigenvalue weighted by molar-refractivity contribution is -0.134. The fourth-order valence-electron chi connectivity index (χ4n) is 4.93. The molecule has 6 nitrogen and oxygen atoms in total. The number of piperidine rings is 1. The smallest absolute Gasteiger partial charge is 0.259 e. The van der Waals surface area contributed by atoms with Gasteiger partial charge in [-0.3, -0.25) is 24.6 Å². The Kier molecular flexibility index (Phi) is 4.99. The summed E-state index contributed by atoms with van der Waals surface area (Å²) in [6, 6.07) is 28.6. The molecule has 3 amide bonds. The minimum atomic E-state index is -0.714. The van der Waals surface area contributed by atoms with Gasteiger partial charge < -0.3 is 0 Å². The van der Waals surface area contributed by atoms with Crippen molar-refractivity contribution in [3.05, 3.63) is 108 Å². The van der Waals surface area contributed by atoms with Crippen LogP contribution in [0, 0.1) is 0 Å². The lowest BCUT2D eigenvalue weighted by Crippen LogP contribution is -2.53. The molecule has 0 aromatic heterocycles. The first-order valence-corrected chi connectivity index (χ1v) is 11.5. The Labute approximate surface area is 201 Å². The predicted octanol–water partition coefficient (Wildman–Crippen LogP) is 4.77. The van der Waals surface area contributed by atoms with Gasteiger partial charge in [0.05, 0.1) is 22.6 Å². The van der Waals surface area contributed by atoms with Gasteiger partial charge in [-0.15, -0.1) is 0 Å². The molecule has 0 saturated carbocycles. The Balaban J connectivity index is 1.52. The topological polar surface area (TPSA) is 78.8 Å². The second-order valence-corrected chi connectivity index (χ2v) is 8.67. The number of nitrogens with zero attached hydrogens (tertiary/aromatic N) is 2. The fourth-order valence-corrected chi connectivity index (χ4v) is 4.93. The average Bonchev–Trinajstić information content (AvgIpc) is 3.17. The standard InChI is InChI=1S/C29H21N3O3/c33-25-17-16-24(28(34)31-25)32-23-13-7-12-20-22(15-14-21(26(20)23)29(32)35)30-27(18-8-3-1-4-9-18)19-10-5-2-6-11-19/h1-15,24H,16-17H2,(H,31,33,34). The van der Waals surface area contributed by atoms with E-state index in [4.69, 9.17) is 4.99 Å². The van der Waals surface area contributed by atoms with E-state index in [2.05, 4.69) is 5.32 Å². The number of carbonyl (C=O) groups excluding carboxylic acids is 3. The minimum absolute atomic E-state index is 0.208. The largest absolute Gasteiger partial charge is 0.295 e. The van der Waals surface area contributed by atoms with Crippen molar-refractivity contribution in [3.8, 4) is 0 Å². The summed E-state index contributed by atoms with van der Waals surface area (Å²) >= 11 is 0. The number of nitrogens with one attached hydrogen (secondary N) is 1. The van der Waals surface area contributed by atoms with Crippen LogP contribution in [0.4, 0.5) is 11.4 Å². The summed E-state index contributed by atoms with van der Waals surface area (Å²) in [5.74, 6) is -0.972. The van der Waals surface area contributed by atoms with E-state index in [1.54, 1.807) is 6.07 Å². The molecule has 4 aromatic rings. The molecule has 6 heteroatoms. The summed E-state index contributed by atoms with van der Waals surface area (Å²) in [4.78, 5) is 44.3. The molecule has 1 atom stereocenters. The average molecular weight is 460 g/mol. The lowest BCUT2D eigenvalue weighted by atomic mass is 10.0. The van der Waals surface area contributed by atoms with Gasteiger partial charge >= 0.3 is 0 Å². The van der Waals surface area contributed by atoms with Crippen molar-refractivity contribution in [3.63, 3.8) is 0 Å². The second-order valence-electron chi connectivity index (χ2n) is 8.67. The van der Waals surface area contributed by atoms with Gasteiger partial charge in [-0.2, -0.15) is 0 Å². The summed E-state index contributed by atoms with van der Waals surface area (Å²) in [7, 11) is 0. The van der Waals surface area contributed by atoms with E-state index >= 15 is 0 Å². The first kappa shape index (κ1) is 21.0. The number of hydrogen-bond donors (Lipinski definition) is 1. The molecule has 1 N–H and O–H groups in total. The zero-order valence-corrected chi connectivity index (χ0v) is 18.8. The molecule has 2 aliphatic heterocycles. The van der Waals surface area contributed by atoms with Crippen LogP contribution in [0.5, 0.6) is 0 Å². The highest BCUT2D eigenvalue weighted by molar-refractivity contribution is 6.28. The van der Waals surface area contributed by atoms with Gasteiger partial charge in [0.2, 0.25) is 11.8 Å². The molecule has 2 heterocycles. The highest BCUT2D eigenvalue weighted by atomic mass is 16.2. The molecule has 1 unspecified atom stereocenters. The summed E-state index contributed by atoms with van der Waals surface area (Å²) in [6.07, 6.45) is 0.511. The van der Waals surface area contributed by atoms with Gasteiger partial charge in [-0.1, -0.05) is 72.8 Å². The Hall–Kier alpha value is -4.58. The molecule has 35 heavy (non-hydrogen) atoms. The van der Waals surface area contributed by atoms with Crippen molar-refractivity contribution in [2.75, 3.05) is 4.90 Å². The second kappa shape index (κ2) is 8.33. The van der Waals surface area contributed by atoms with Gasteiger partial charge in [-0.25, -0.2) is 4.99 Å². The van der Waals surface area contributed by atoms with Crippen LogP contribution in [0.2, 0.25) is 0 Å². The van der Waals surface area contributed by atoms with Crippen molar-refractivity contribution < 1.29 is 14.4 Å². The zero-order chi connectivity index (χ0) is 23.9. The van der Waals surface area contributed by atoms with E-state index < -0.39 is 11.9 Å². The molecule has 1 fully saturated rings. The van der Waals surface area contributed by atoms with Crippen LogP contribution in [0.25, 0.3) is 10.8 Å². The van der Waals surface area contributed by atoms with Crippen LogP contribution in [-0.4, -0.2) is 29.5 Å². The van der Waals surface area contributed by atoms with Crippen molar-refractivity contribution in [1.29, 1.82) is 0 Å². The van der Waals surface area contributed by atoms with Crippen LogP contribution in [0.3, 0.4) is 0 Å². The highest BCUT2D eigenvalue weighted by Gasteiger charge is 2.40. The third-order valence-electron chi connectivity index (χ3n) is 6.55. The van der Waals surface area contributed by atoms with E-state index in [0.29, 0.717) is 17.7 Å². The first-order valence-electron chi connectivity index (χ1n) is 11.5. The number of imide groups is 1. The zero-order valence-electron chi connectivity index (χ0n) is 18.8. The van der Waals surface area contributed by atoms with Crippen LogP contribution in [-0.2, 0) is 9.59 Å². The summed E-state index contributed by atoms with van der Waals surface area (Å²) in [6.45, 7) is 0. The number of hydrogen-bond acceptors (Lipinski definition) is 4. The molecule has 0 bridgehead atoms. The van der Waals surface area contributed by atoms with Crippen molar-refractivity contribution in [2.45, 2.75) is 18.9 Å². The van der Waals surface area contributed by atoms with Gasteiger partial charge in [0, 0.05) is 28.3 Å². The van der Waals surface area contributed by atoms with Crippen LogP contribution in [0.1, 0.15) is 34.3 Å². The normalized spacial score (nSPS) is 17.0. The Bertz CT molecular complexity index is 1490. The monoisotopic (exact) mass is 459 g/mol. The molecule has 4 aromatic carbocycles. The Morgan fingerprint density at radius 1 is 0.800 bits per heavy atom. The third-order valence-corrected chi connectivity index (χ3v) is 6.55. The van der Waals surface area contributed by atoms with Crippen LogP contribution < -0.4 is 10.2 Å². The van der Waals surface area contributed by atoms with Gasteiger partial charge in [0.25, 0.3) is 5.91 Å². The van der Waals surface area contributed by atoms with Crippen LogP contribution in [0.15, 0.2) is 96.0 Å². The number of aliphatic imine (C=N–C) groups is 1. The molecule has 2 aliphatic rings. The molecule has 0 aliphatic carbocycles. The maximum atomic E-state index is 13.4. The Morgan fingerprint density at radius 3 is 2.14 bits per heavy atom. The summed E-state index contributed by atoms with van der Waals surface area (Å²) in [5, 5.41) is 3.99. The number of benzene rings is 4. The Morgan fingerprint density at radius 2 is 1.49 bits per heavy atom. The van der Waals surface area contributed by atoms with E-state index in [9.17, 15) is 14.4 Å². The van der Waals surface area contributed by atoms with Gasteiger partial charge in [-0.05, 0) is 24.6 Å². The number of anilines is 1. The minimum Gasteiger partial charge on any atom is -0.295 e. The number of rotatable bonds is 4. The van der Waals surface area contributed by atoms with Crippen molar-refractivity contribution in [2.24, 2.45) is 4.99 Å². The maximum Gasteiger partial charge on any atom is 0.259 e.